The highest BCUT2D eigenvalue weighted by Gasteiger charge is 2.08. The van der Waals surface area contributed by atoms with Gasteiger partial charge >= 0.3 is 0 Å². The quantitative estimate of drug-likeness (QED) is 0.842. The Kier molecular flexibility index (Phi) is 6.01. The number of benzene rings is 2. The van der Waals surface area contributed by atoms with Gasteiger partial charge in [-0.1, -0.05) is 53.2 Å². The van der Waals surface area contributed by atoms with Crippen LogP contribution in [0.1, 0.15) is 24.0 Å². The zero-order chi connectivity index (χ0) is 15.9. The molecule has 3 nitrogen and oxygen atoms in total. The summed E-state index contributed by atoms with van der Waals surface area (Å²) >= 11 is 3.44. The van der Waals surface area contributed by atoms with Crippen LogP contribution < -0.4 is 10.1 Å². The Bertz CT molecular complexity index is 628. The Morgan fingerprint density at radius 2 is 1.95 bits per heavy atom. The first kappa shape index (κ1) is 16.6. The van der Waals surface area contributed by atoms with Crippen LogP contribution in [0.4, 0.5) is 0 Å². The second-order valence-electron chi connectivity index (χ2n) is 5.32. The zero-order valence-electron chi connectivity index (χ0n) is 12.8. The molecule has 0 aromatic heterocycles. The molecule has 0 radical (unpaired) electrons. The van der Waals surface area contributed by atoms with Crippen LogP contribution in [-0.4, -0.2) is 19.1 Å². The lowest BCUT2D eigenvalue weighted by molar-refractivity contribution is -0.123. The minimum Gasteiger partial charge on any atom is -0.484 e. The Morgan fingerprint density at radius 1 is 1.23 bits per heavy atom. The van der Waals surface area contributed by atoms with Crippen LogP contribution in [0.15, 0.2) is 53.0 Å². The molecule has 2 rings (SSSR count). The molecule has 4 heteroatoms. The lowest BCUT2D eigenvalue weighted by atomic mass is 10.0. The van der Waals surface area contributed by atoms with Gasteiger partial charge in [-0.2, -0.15) is 0 Å². The molecular formula is C18H20BrNO2. The van der Waals surface area contributed by atoms with Crippen LogP contribution in [0.5, 0.6) is 5.75 Å². The van der Waals surface area contributed by atoms with Gasteiger partial charge in [0.25, 0.3) is 5.91 Å². The topological polar surface area (TPSA) is 38.3 Å². The van der Waals surface area contributed by atoms with E-state index in [1.165, 1.54) is 5.56 Å². The normalized spacial score (nSPS) is 11.8. The SMILES string of the molecule is Cc1cc(OCC(=O)NC[C@H](C)c2ccccc2)ccc1Br. The third-order valence-electron chi connectivity index (χ3n) is 3.47. The predicted molar refractivity (Wildman–Crippen MR) is 92.2 cm³/mol. The highest BCUT2D eigenvalue weighted by atomic mass is 79.9. The van der Waals surface area contributed by atoms with Crippen molar-refractivity contribution in [3.63, 3.8) is 0 Å². The first-order valence-corrected chi connectivity index (χ1v) is 8.06. The van der Waals surface area contributed by atoms with Gasteiger partial charge in [-0.05, 0) is 42.2 Å². The van der Waals surface area contributed by atoms with Gasteiger partial charge in [0.05, 0.1) is 0 Å². The Balaban J connectivity index is 1.77. The third-order valence-corrected chi connectivity index (χ3v) is 4.36. The van der Waals surface area contributed by atoms with Crippen LogP contribution >= 0.6 is 15.9 Å². The molecule has 0 aliphatic carbocycles. The number of ether oxygens (including phenoxy) is 1. The van der Waals surface area contributed by atoms with Crippen molar-refractivity contribution in [2.24, 2.45) is 0 Å². The number of carbonyl (C=O) groups excluding carboxylic acids is 1. The van der Waals surface area contributed by atoms with Crippen molar-refractivity contribution in [1.82, 2.24) is 5.32 Å². The van der Waals surface area contributed by atoms with Crippen LogP contribution in [-0.2, 0) is 4.79 Å². The maximum atomic E-state index is 11.9. The Labute approximate surface area is 139 Å². The molecule has 0 unspecified atom stereocenters. The first-order valence-electron chi connectivity index (χ1n) is 7.27. The molecule has 2 aromatic rings. The van der Waals surface area contributed by atoms with Crippen molar-refractivity contribution in [3.8, 4) is 5.75 Å². The first-order chi connectivity index (χ1) is 10.6. The fraction of sp³-hybridized carbons (Fsp3) is 0.278. The average Bonchev–Trinajstić information content (AvgIpc) is 2.54. The number of amides is 1. The van der Waals surface area contributed by atoms with Gasteiger partial charge in [0.1, 0.15) is 5.75 Å². The fourth-order valence-electron chi connectivity index (χ4n) is 2.07. The number of carbonyl (C=O) groups is 1. The monoisotopic (exact) mass is 361 g/mol. The molecule has 1 amide bonds. The van der Waals surface area contributed by atoms with Gasteiger partial charge in [-0.25, -0.2) is 0 Å². The van der Waals surface area contributed by atoms with E-state index in [0.717, 1.165) is 10.0 Å². The van der Waals surface area contributed by atoms with Crippen molar-refractivity contribution in [1.29, 1.82) is 0 Å². The molecule has 0 saturated carbocycles. The Hall–Kier alpha value is -1.81. The number of aryl methyl sites for hydroxylation is 1. The third kappa shape index (κ3) is 4.88. The van der Waals surface area contributed by atoms with Crippen LogP contribution in [0.3, 0.4) is 0 Å². The summed E-state index contributed by atoms with van der Waals surface area (Å²) in [7, 11) is 0. The van der Waals surface area contributed by atoms with E-state index in [1.54, 1.807) is 0 Å². The standard InChI is InChI=1S/C18H20BrNO2/c1-13-10-16(8-9-17(13)19)22-12-18(21)20-11-14(2)15-6-4-3-5-7-15/h3-10,14H,11-12H2,1-2H3,(H,20,21)/t14-/m0/s1. The molecule has 0 spiro atoms. The van der Waals surface area contributed by atoms with Crippen molar-refractivity contribution >= 4 is 21.8 Å². The van der Waals surface area contributed by atoms with E-state index in [4.69, 9.17) is 4.74 Å². The lowest BCUT2D eigenvalue weighted by Gasteiger charge is -2.13. The zero-order valence-corrected chi connectivity index (χ0v) is 14.4. The number of hydrogen-bond donors (Lipinski definition) is 1. The average molecular weight is 362 g/mol. The van der Waals surface area contributed by atoms with E-state index in [2.05, 4.69) is 40.3 Å². The lowest BCUT2D eigenvalue weighted by Crippen LogP contribution is -2.31. The van der Waals surface area contributed by atoms with Gasteiger partial charge in [-0.3, -0.25) is 4.79 Å². The largest absolute Gasteiger partial charge is 0.484 e. The van der Waals surface area contributed by atoms with Crippen molar-refractivity contribution in [2.75, 3.05) is 13.2 Å². The molecule has 0 fully saturated rings. The summed E-state index contributed by atoms with van der Waals surface area (Å²) in [6.45, 7) is 4.71. The molecule has 0 bridgehead atoms. The smallest absolute Gasteiger partial charge is 0.257 e. The number of rotatable bonds is 6. The summed E-state index contributed by atoms with van der Waals surface area (Å²) in [6, 6.07) is 15.8. The maximum absolute atomic E-state index is 11.9. The second-order valence-corrected chi connectivity index (χ2v) is 6.17. The molecule has 116 valence electrons. The summed E-state index contributed by atoms with van der Waals surface area (Å²) < 4.78 is 6.54. The predicted octanol–water partition coefficient (Wildman–Crippen LogP) is 4.06. The van der Waals surface area contributed by atoms with Gasteiger partial charge < -0.3 is 10.1 Å². The molecule has 0 saturated heterocycles. The van der Waals surface area contributed by atoms with Gasteiger partial charge in [0.15, 0.2) is 6.61 Å². The summed E-state index contributed by atoms with van der Waals surface area (Å²) in [5.74, 6) is 0.871. The molecule has 0 aliphatic rings. The van der Waals surface area contributed by atoms with E-state index in [9.17, 15) is 4.79 Å². The van der Waals surface area contributed by atoms with Gasteiger partial charge in [-0.15, -0.1) is 0 Å². The van der Waals surface area contributed by atoms with E-state index >= 15 is 0 Å². The van der Waals surface area contributed by atoms with Crippen LogP contribution in [0.2, 0.25) is 0 Å². The highest BCUT2D eigenvalue weighted by Crippen LogP contribution is 2.21. The molecular weight excluding hydrogens is 342 g/mol. The van der Waals surface area contributed by atoms with Gasteiger partial charge in [0, 0.05) is 11.0 Å². The molecule has 2 aromatic carbocycles. The summed E-state index contributed by atoms with van der Waals surface area (Å²) in [5, 5.41) is 2.90. The van der Waals surface area contributed by atoms with Gasteiger partial charge in [0.2, 0.25) is 0 Å². The van der Waals surface area contributed by atoms with Crippen molar-refractivity contribution in [2.45, 2.75) is 19.8 Å². The van der Waals surface area contributed by atoms with E-state index in [-0.39, 0.29) is 18.4 Å². The number of nitrogens with one attached hydrogen (secondary N) is 1. The van der Waals surface area contributed by atoms with Crippen LogP contribution in [0, 0.1) is 6.92 Å². The number of halogens is 1. The van der Waals surface area contributed by atoms with Crippen molar-refractivity contribution < 1.29 is 9.53 Å². The summed E-state index contributed by atoms with van der Waals surface area (Å²) in [4.78, 5) is 11.9. The Morgan fingerprint density at radius 3 is 2.64 bits per heavy atom. The number of hydrogen-bond acceptors (Lipinski definition) is 2. The molecule has 0 heterocycles. The molecule has 1 N–H and O–H groups in total. The maximum Gasteiger partial charge on any atom is 0.257 e. The summed E-state index contributed by atoms with van der Waals surface area (Å²) in [6.07, 6.45) is 0. The van der Waals surface area contributed by atoms with E-state index in [0.29, 0.717) is 12.3 Å². The van der Waals surface area contributed by atoms with E-state index in [1.807, 2.05) is 43.3 Å². The molecule has 0 aliphatic heterocycles. The van der Waals surface area contributed by atoms with E-state index < -0.39 is 0 Å². The highest BCUT2D eigenvalue weighted by molar-refractivity contribution is 9.10. The fourth-order valence-corrected chi connectivity index (χ4v) is 2.32. The molecule has 1 atom stereocenters. The minimum atomic E-state index is -0.108. The molecule has 22 heavy (non-hydrogen) atoms. The minimum absolute atomic E-state index is 0.0303. The summed E-state index contributed by atoms with van der Waals surface area (Å²) in [5.41, 5.74) is 2.29. The van der Waals surface area contributed by atoms with Crippen LogP contribution in [0.25, 0.3) is 0 Å². The second kappa shape index (κ2) is 7.99. The van der Waals surface area contributed by atoms with Crippen molar-refractivity contribution in [3.05, 3.63) is 64.1 Å².